The van der Waals surface area contributed by atoms with Crippen LogP contribution in [0.3, 0.4) is 0 Å². The second-order valence-electron chi connectivity index (χ2n) is 5.25. The first-order valence-electron chi connectivity index (χ1n) is 7.26. The predicted octanol–water partition coefficient (Wildman–Crippen LogP) is 4.33. The van der Waals surface area contributed by atoms with Crippen LogP contribution in [-0.4, -0.2) is 21.8 Å². The van der Waals surface area contributed by atoms with Gasteiger partial charge in [-0.15, -0.1) is 0 Å². The molecule has 1 aromatic heterocycles. The first kappa shape index (κ1) is 17.0. The normalized spacial score (nSPS) is 11.5. The minimum absolute atomic E-state index is 0.0998. The summed E-state index contributed by atoms with van der Waals surface area (Å²) in [5.74, 6) is -3.35. The van der Waals surface area contributed by atoms with Gasteiger partial charge < -0.3 is 5.11 Å². The predicted molar refractivity (Wildman–Crippen MR) is 96.4 cm³/mol. The topological polar surface area (TPSA) is 67.3 Å². The molecule has 1 N–H and O–H groups in total. The number of carbonyl (C=O) groups is 2. The summed E-state index contributed by atoms with van der Waals surface area (Å²) in [5, 5.41) is 9.95. The van der Waals surface area contributed by atoms with Crippen molar-refractivity contribution in [2.75, 3.05) is 0 Å². The summed E-state index contributed by atoms with van der Waals surface area (Å²) in [6.07, 6.45) is 1.20. The summed E-state index contributed by atoms with van der Waals surface area (Å²) in [6, 6.07) is 14.8. The van der Waals surface area contributed by atoms with Crippen LogP contribution >= 0.6 is 15.9 Å². The second-order valence-corrected chi connectivity index (χ2v) is 6.16. The van der Waals surface area contributed by atoms with Gasteiger partial charge in [0.05, 0.1) is 16.8 Å². The van der Waals surface area contributed by atoms with E-state index in [1.807, 2.05) is 12.1 Å². The molecule has 0 saturated heterocycles. The van der Waals surface area contributed by atoms with Crippen LogP contribution in [0.5, 0.6) is 0 Å². The van der Waals surface area contributed by atoms with E-state index in [1.54, 1.807) is 30.3 Å². The van der Waals surface area contributed by atoms with E-state index in [0.717, 1.165) is 5.39 Å². The van der Waals surface area contributed by atoms with E-state index in [9.17, 15) is 14.0 Å². The number of ketones is 1. The lowest BCUT2D eigenvalue weighted by atomic mass is 10.0. The van der Waals surface area contributed by atoms with Crippen LogP contribution in [0.2, 0.25) is 0 Å². The molecule has 0 fully saturated rings. The number of carboxylic acids is 1. The molecule has 3 aromatic rings. The smallest absolute Gasteiger partial charge is 0.377 e. The fraction of sp³-hybridized carbons (Fsp3) is 0. The zero-order chi connectivity index (χ0) is 18.0. The fourth-order valence-corrected chi connectivity index (χ4v) is 2.69. The number of fused-ring (bicyclic) bond motifs is 1. The Balaban J connectivity index is 2.18. The van der Waals surface area contributed by atoms with Crippen LogP contribution in [0, 0.1) is 5.82 Å². The van der Waals surface area contributed by atoms with E-state index in [1.165, 1.54) is 18.2 Å². The highest BCUT2D eigenvalue weighted by Gasteiger charge is 2.21. The van der Waals surface area contributed by atoms with Gasteiger partial charge in [-0.1, -0.05) is 46.3 Å². The summed E-state index contributed by atoms with van der Waals surface area (Å²) in [4.78, 5) is 27.6. The lowest BCUT2D eigenvalue weighted by Crippen LogP contribution is -2.15. The largest absolute Gasteiger partial charge is 0.475 e. The molecule has 0 atom stereocenters. The molecule has 1 heterocycles. The van der Waals surface area contributed by atoms with Crippen molar-refractivity contribution in [3.8, 4) is 0 Å². The highest BCUT2D eigenvalue weighted by atomic mass is 79.9. The highest BCUT2D eigenvalue weighted by Crippen LogP contribution is 2.24. The van der Waals surface area contributed by atoms with Gasteiger partial charge >= 0.3 is 5.97 Å². The van der Waals surface area contributed by atoms with Crippen molar-refractivity contribution in [2.45, 2.75) is 0 Å². The van der Waals surface area contributed by atoms with Gasteiger partial charge in [-0.2, -0.15) is 0 Å². The average molecular weight is 400 g/mol. The van der Waals surface area contributed by atoms with Crippen molar-refractivity contribution >= 4 is 50.2 Å². The van der Waals surface area contributed by atoms with Crippen LogP contribution in [0.15, 0.2) is 59.1 Å². The van der Waals surface area contributed by atoms with Crippen molar-refractivity contribution in [1.82, 2.24) is 4.98 Å². The van der Waals surface area contributed by atoms with E-state index in [-0.39, 0.29) is 16.8 Å². The molecule has 0 spiro atoms. The fourth-order valence-electron chi connectivity index (χ4n) is 2.36. The molecular weight excluding hydrogens is 389 g/mol. The zero-order valence-electron chi connectivity index (χ0n) is 12.7. The minimum Gasteiger partial charge on any atom is -0.475 e. The SMILES string of the molecule is O=C(O)C(=O)/C(=C/c1ccc(Br)cc1F)c1ccc2ccccc2n1. The Hall–Kier alpha value is -2.86. The van der Waals surface area contributed by atoms with Crippen molar-refractivity contribution in [3.63, 3.8) is 0 Å². The van der Waals surface area contributed by atoms with Gasteiger partial charge in [-0.3, -0.25) is 4.79 Å². The van der Waals surface area contributed by atoms with Gasteiger partial charge in [-0.25, -0.2) is 14.2 Å². The number of aliphatic carboxylic acids is 1. The number of benzene rings is 2. The number of Topliss-reactive ketones (excluding diaryl/α,β-unsaturated/α-hetero) is 1. The van der Waals surface area contributed by atoms with E-state index in [4.69, 9.17) is 5.11 Å². The van der Waals surface area contributed by atoms with Gasteiger partial charge in [0.25, 0.3) is 5.78 Å². The minimum atomic E-state index is -1.63. The quantitative estimate of drug-likeness (QED) is 0.523. The van der Waals surface area contributed by atoms with Gasteiger partial charge in [0.2, 0.25) is 0 Å². The molecule has 0 aliphatic carbocycles. The van der Waals surface area contributed by atoms with Crippen molar-refractivity contribution < 1.29 is 19.1 Å². The number of hydrogen-bond donors (Lipinski definition) is 1. The molecule has 25 heavy (non-hydrogen) atoms. The number of carboxylic acid groups (broad SMARTS) is 1. The number of para-hydroxylation sites is 1. The monoisotopic (exact) mass is 399 g/mol. The lowest BCUT2D eigenvalue weighted by Gasteiger charge is -2.06. The van der Waals surface area contributed by atoms with Gasteiger partial charge in [0.15, 0.2) is 0 Å². The molecule has 124 valence electrons. The third-order valence-electron chi connectivity index (χ3n) is 3.58. The maximum absolute atomic E-state index is 14.1. The van der Waals surface area contributed by atoms with Crippen LogP contribution in [-0.2, 0) is 9.59 Å². The number of aromatic nitrogens is 1. The van der Waals surface area contributed by atoms with Crippen molar-refractivity contribution in [3.05, 3.63) is 76.1 Å². The highest BCUT2D eigenvalue weighted by molar-refractivity contribution is 9.10. The van der Waals surface area contributed by atoms with Crippen LogP contribution in [0.25, 0.3) is 22.6 Å². The maximum Gasteiger partial charge on any atom is 0.377 e. The molecule has 0 bridgehead atoms. The van der Waals surface area contributed by atoms with E-state index >= 15 is 0 Å². The molecule has 0 saturated carbocycles. The molecule has 3 rings (SSSR count). The van der Waals surface area contributed by atoms with Gasteiger partial charge in [-0.05, 0) is 30.3 Å². The molecule has 0 aliphatic rings. The Morgan fingerprint density at radius 1 is 1.08 bits per heavy atom. The standard InChI is InChI=1S/C19H11BrFNO3/c20-13-7-5-12(15(21)10-13)9-14(18(23)19(24)25)17-8-6-11-3-1-2-4-16(11)22-17/h1-10H,(H,24,25)/b14-9+. The van der Waals surface area contributed by atoms with E-state index in [2.05, 4.69) is 20.9 Å². The summed E-state index contributed by atoms with van der Waals surface area (Å²) in [5.41, 5.74) is 0.705. The zero-order valence-corrected chi connectivity index (χ0v) is 14.3. The van der Waals surface area contributed by atoms with Crippen LogP contribution in [0.1, 0.15) is 11.3 Å². The van der Waals surface area contributed by atoms with Crippen LogP contribution in [0.4, 0.5) is 4.39 Å². The number of nitrogens with zero attached hydrogens (tertiary/aromatic N) is 1. The molecule has 0 amide bonds. The Bertz CT molecular complexity index is 1030. The van der Waals surface area contributed by atoms with Gasteiger partial charge in [0.1, 0.15) is 5.82 Å². The molecule has 0 aliphatic heterocycles. The number of halogens is 2. The summed E-state index contributed by atoms with van der Waals surface area (Å²) in [6.45, 7) is 0. The van der Waals surface area contributed by atoms with E-state index < -0.39 is 17.6 Å². The number of hydrogen-bond acceptors (Lipinski definition) is 3. The Labute approximate surface area is 150 Å². The maximum atomic E-state index is 14.1. The third-order valence-corrected chi connectivity index (χ3v) is 4.07. The molecular formula is C19H11BrFNO3. The van der Waals surface area contributed by atoms with E-state index in [0.29, 0.717) is 9.99 Å². The third kappa shape index (κ3) is 3.64. The summed E-state index contributed by atoms with van der Waals surface area (Å²) < 4.78 is 14.6. The number of pyridine rings is 1. The molecule has 4 nitrogen and oxygen atoms in total. The Kier molecular flexibility index (Phi) is 4.72. The van der Waals surface area contributed by atoms with Crippen molar-refractivity contribution in [2.24, 2.45) is 0 Å². The number of rotatable bonds is 4. The Morgan fingerprint density at radius 2 is 1.84 bits per heavy atom. The molecule has 2 aromatic carbocycles. The first-order chi connectivity index (χ1) is 12.0. The molecule has 0 unspecified atom stereocenters. The Morgan fingerprint density at radius 3 is 2.56 bits per heavy atom. The lowest BCUT2D eigenvalue weighted by molar-refractivity contribution is -0.146. The number of carbonyl (C=O) groups excluding carboxylic acids is 1. The van der Waals surface area contributed by atoms with Crippen LogP contribution < -0.4 is 0 Å². The summed E-state index contributed by atoms with van der Waals surface area (Å²) in [7, 11) is 0. The van der Waals surface area contributed by atoms with Crippen molar-refractivity contribution in [1.29, 1.82) is 0 Å². The molecule has 6 heteroatoms. The summed E-state index contributed by atoms with van der Waals surface area (Å²) >= 11 is 3.15. The second kappa shape index (κ2) is 6.94. The average Bonchev–Trinajstić information content (AvgIpc) is 2.60. The first-order valence-corrected chi connectivity index (χ1v) is 8.05. The molecule has 0 radical (unpaired) electrons. The van der Waals surface area contributed by atoms with Gasteiger partial charge in [0, 0.05) is 15.4 Å².